The van der Waals surface area contributed by atoms with E-state index >= 15 is 0 Å². The van der Waals surface area contributed by atoms with Crippen molar-refractivity contribution in [2.45, 2.75) is 44.2 Å². The minimum absolute atomic E-state index is 0.452. The lowest BCUT2D eigenvalue weighted by molar-refractivity contribution is 0.640. The third-order valence-electron chi connectivity index (χ3n) is 2.72. The Morgan fingerprint density at radius 1 is 0.667 bits per heavy atom. The number of allylic oxidation sites excluding steroid dienone is 4. The highest BCUT2D eigenvalue weighted by atomic mass is 28.2. The van der Waals surface area contributed by atoms with Crippen molar-refractivity contribution in [3.8, 4) is 0 Å². The highest BCUT2D eigenvalue weighted by molar-refractivity contribution is 6.35. The van der Waals surface area contributed by atoms with Crippen LogP contribution in [0.15, 0.2) is 36.7 Å². The Morgan fingerprint density at radius 2 is 1.20 bits per heavy atom. The normalized spacial score (nSPS) is 20.3. The zero-order valence-corrected chi connectivity index (χ0v) is 11.0. The first-order valence-electron chi connectivity index (χ1n) is 6.24. The van der Waals surface area contributed by atoms with Gasteiger partial charge in [0.05, 0.1) is 0 Å². The van der Waals surface area contributed by atoms with E-state index in [1.165, 1.54) is 19.3 Å². The Kier molecular flexibility index (Phi) is 8.02. The van der Waals surface area contributed by atoms with Crippen LogP contribution in [0.3, 0.4) is 0 Å². The molecule has 15 heavy (non-hydrogen) atoms. The molecule has 0 unspecified atom stereocenters. The summed E-state index contributed by atoms with van der Waals surface area (Å²) >= 11 is 0. The highest BCUT2D eigenvalue weighted by Gasteiger charge is 1.96. The molecule has 0 aromatic rings. The molecule has 1 fully saturated rings. The van der Waals surface area contributed by atoms with E-state index in [1.54, 1.807) is 24.9 Å². The molecule has 0 atom stereocenters. The van der Waals surface area contributed by atoms with E-state index in [9.17, 15) is 0 Å². The van der Waals surface area contributed by atoms with E-state index in [0.29, 0.717) is 9.52 Å². The quantitative estimate of drug-likeness (QED) is 0.620. The fourth-order valence-electron chi connectivity index (χ4n) is 1.82. The van der Waals surface area contributed by atoms with E-state index in [4.69, 9.17) is 0 Å². The van der Waals surface area contributed by atoms with Gasteiger partial charge >= 0.3 is 0 Å². The number of nitrogens with one attached hydrogen (secondary N) is 1. The first-order valence-corrected chi connectivity index (χ1v) is 8.24. The Labute approximate surface area is 96.2 Å². The van der Waals surface area contributed by atoms with Crippen LogP contribution in [0.5, 0.6) is 0 Å². The maximum atomic E-state index is 2.92. The molecule has 84 valence electrons. The van der Waals surface area contributed by atoms with Gasteiger partial charge in [-0.25, -0.2) is 0 Å². The van der Waals surface area contributed by atoms with E-state index in [2.05, 4.69) is 5.32 Å². The molecular weight excluding hydrogens is 198 g/mol. The second-order valence-corrected chi connectivity index (χ2v) is 6.22. The summed E-state index contributed by atoms with van der Waals surface area (Å²) in [6.07, 6.45) is 19.3. The van der Waals surface area contributed by atoms with Gasteiger partial charge in [0.15, 0.2) is 0 Å². The standard InChI is InChI=1S/C7H16Si.C6H7N/c1-2-4-6-8-7-5-3-1;1-2-4-6-7-5-3-1/h1-8H2;1-7H. The molecule has 2 rings (SSSR count). The Bertz CT molecular complexity index is 181. The zero-order chi connectivity index (χ0) is 10.6. The molecule has 1 N–H and O–H groups in total. The summed E-state index contributed by atoms with van der Waals surface area (Å²) in [5, 5.41) is 2.92. The van der Waals surface area contributed by atoms with Gasteiger partial charge < -0.3 is 5.32 Å². The Morgan fingerprint density at radius 3 is 1.80 bits per heavy atom. The van der Waals surface area contributed by atoms with Crippen LogP contribution >= 0.6 is 0 Å². The molecule has 2 aliphatic rings. The molecule has 1 nitrogen and oxygen atoms in total. The van der Waals surface area contributed by atoms with Gasteiger partial charge in [-0.15, -0.1) is 0 Å². The first-order chi connectivity index (χ1) is 7.50. The molecule has 0 aliphatic carbocycles. The summed E-state index contributed by atoms with van der Waals surface area (Å²) in [4.78, 5) is 0. The van der Waals surface area contributed by atoms with Crippen molar-refractivity contribution in [2.24, 2.45) is 0 Å². The van der Waals surface area contributed by atoms with Gasteiger partial charge in [-0.2, -0.15) is 0 Å². The number of rotatable bonds is 0. The predicted octanol–water partition coefficient (Wildman–Crippen LogP) is 3.13. The molecule has 0 aromatic carbocycles. The largest absolute Gasteiger partial charge is 0.368 e. The van der Waals surface area contributed by atoms with Crippen molar-refractivity contribution in [2.75, 3.05) is 0 Å². The van der Waals surface area contributed by atoms with Gasteiger partial charge in [0.2, 0.25) is 0 Å². The Balaban J connectivity index is 0.000000151. The molecule has 2 aliphatic heterocycles. The average Bonchev–Trinajstić information content (AvgIpc) is 2.48. The van der Waals surface area contributed by atoms with Gasteiger partial charge in [-0.05, 0) is 12.2 Å². The fourth-order valence-corrected chi connectivity index (χ4v) is 3.59. The van der Waals surface area contributed by atoms with Gasteiger partial charge in [0.25, 0.3) is 0 Å². The van der Waals surface area contributed by atoms with Crippen LogP contribution in [-0.2, 0) is 0 Å². The maximum Gasteiger partial charge on any atom is 0.0197 e. The van der Waals surface area contributed by atoms with Crippen LogP contribution in [0.25, 0.3) is 0 Å². The van der Waals surface area contributed by atoms with Crippen molar-refractivity contribution in [1.82, 2.24) is 5.32 Å². The zero-order valence-electron chi connectivity index (χ0n) is 9.62. The lowest BCUT2D eigenvalue weighted by atomic mass is 10.2. The van der Waals surface area contributed by atoms with Gasteiger partial charge in [0, 0.05) is 21.9 Å². The second-order valence-electron chi connectivity index (χ2n) is 4.10. The molecule has 0 spiro atoms. The molecular formula is C13H23NSi. The monoisotopic (exact) mass is 221 g/mol. The molecule has 0 bridgehead atoms. The minimum atomic E-state index is 0.452. The SMILES string of the molecule is C1=CC=CNC=C1.C1CCC[SiH2]CCC1. The fraction of sp³-hybridized carbons (Fsp3) is 0.538. The Hall–Kier alpha value is -0.763. The number of hydrogen-bond acceptors (Lipinski definition) is 1. The summed E-state index contributed by atoms with van der Waals surface area (Å²) in [5.74, 6) is 0. The van der Waals surface area contributed by atoms with E-state index < -0.39 is 0 Å². The van der Waals surface area contributed by atoms with E-state index in [1.807, 2.05) is 36.7 Å². The second kappa shape index (κ2) is 9.78. The van der Waals surface area contributed by atoms with Crippen molar-refractivity contribution in [3.63, 3.8) is 0 Å². The van der Waals surface area contributed by atoms with E-state index in [0.717, 1.165) is 0 Å². The first kappa shape index (κ1) is 12.3. The number of hydrogen-bond donors (Lipinski definition) is 1. The highest BCUT2D eigenvalue weighted by Crippen LogP contribution is 2.12. The van der Waals surface area contributed by atoms with Gasteiger partial charge in [-0.3, -0.25) is 0 Å². The molecule has 0 saturated carbocycles. The average molecular weight is 221 g/mol. The van der Waals surface area contributed by atoms with Crippen molar-refractivity contribution >= 4 is 9.52 Å². The van der Waals surface area contributed by atoms with Crippen LogP contribution in [0.4, 0.5) is 0 Å². The predicted molar refractivity (Wildman–Crippen MR) is 71.8 cm³/mol. The molecule has 2 heteroatoms. The topological polar surface area (TPSA) is 12.0 Å². The van der Waals surface area contributed by atoms with Crippen LogP contribution in [-0.4, -0.2) is 9.52 Å². The molecule has 0 radical (unpaired) electrons. The van der Waals surface area contributed by atoms with Crippen LogP contribution < -0.4 is 5.32 Å². The summed E-state index contributed by atoms with van der Waals surface area (Å²) in [6.45, 7) is 0. The summed E-state index contributed by atoms with van der Waals surface area (Å²) < 4.78 is 0. The van der Waals surface area contributed by atoms with Gasteiger partial charge in [0.1, 0.15) is 0 Å². The molecule has 1 saturated heterocycles. The third kappa shape index (κ3) is 8.25. The lowest BCUT2D eigenvalue weighted by Crippen LogP contribution is -1.93. The van der Waals surface area contributed by atoms with Gasteiger partial charge in [-0.1, -0.05) is 56.3 Å². The molecule has 0 amide bonds. The van der Waals surface area contributed by atoms with Crippen LogP contribution in [0, 0.1) is 0 Å². The molecule has 0 aromatic heterocycles. The minimum Gasteiger partial charge on any atom is -0.368 e. The summed E-state index contributed by atoms with van der Waals surface area (Å²) in [5.41, 5.74) is 0. The maximum absolute atomic E-state index is 2.92. The summed E-state index contributed by atoms with van der Waals surface area (Å²) in [7, 11) is 0.452. The van der Waals surface area contributed by atoms with Crippen molar-refractivity contribution in [1.29, 1.82) is 0 Å². The lowest BCUT2D eigenvalue weighted by Gasteiger charge is -2.05. The van der Waals surface area contributed by atoms with E-state index in [-0.39, 0.29) is 0 Å². The van der Waals surface area contributed by atoms with Crippen molar-refractivity contribution < 1.29 is 0 Å². The van der Waals surface area contributed by atoms with Crippen molar-refractivity contribution in [3.05, 3.63) is 36.7 Å². The third-order valence-corrected chi connectivity index (χ3v) is 4.72. The summed E-state index contributed by atoms with van der Waals surface area (Å²) in [6, 6.07) is 3.28. The van der Waals surface area contributed by atoms with Crippen LogP contribution in [0.1, 0.15) is 32.1 Å². The molecule has 2 heterocycles. The van der Waals surface area contributed by atoms with Crippen LogP contribution in [0.2, 0.25) is 12.1 Å². The smallest absolute Gasteiger partial charge is 0.0197 e.